The largest absolute Gasteiger partial charge is 0.495 e. The fourth-order valence-electron chi connectivity index (χ4n) is 2.23. The van der Waals surface area contributed by atoms with E-state index in [1.54, 1.807) is 24.3 Å². The van der Waals surface area contributed by atoms with E-state index in [4.69, 9.17) is 15.2 Å². The van der Waals surface area contributed by atoms with Crippen LogP contribution < -0.4 is 14.8 Å². The Bertz CT molecular complexity index is 941. The van der Waals surface area contributed by atoms with Crippen molar-refractivity contribution in [3.63, 3.8) is 0 Å². The minimum Gasteiger partial charge on any atom is -0.495 e. The van der Waals surface area contributed by atoms with E-state index in [2.05, 4.69) is 0 Å². The summed E-state index contributed by atoms with van der Waals surface area (Å²) in [5.74, 6) is -1.14. The van der Waals surface area contributed by atoms with Gasteiger partial charge in [-0.15, -0.1) is 0 Å². The molecule has 0 unspecified atom stereocenters. The molecule has 9 heteroatoms. The van der Waals surface area contributed by atoms with Crippen molar-refractivity contribution in [3.8, 4) is 5.75 Å². The molecule has 0 radical (unpaired) electrons. The first-order valence-corrected chi connectivity index (χ1v) is 9.34. The second-order valence-electron chi connectivity index (χ2n) is 5.62. The first kappa shape index (κ1) is 20.2. The Balaban J connectivity index is 2.27. The van der Waals surface area contributed by atoms with Crippen molar-refractivity contribution in [2.24, 2.45) is 5.73 Å². The number of primary amides is 1. The molecule has 144 valence electrons. The quantitative estimate of drug-likeness (QED) is 0.715. The van der Waals surface area contributed by atoms with Crippen LogP contribution in [-0.4, -0.2) is 40.6 Å². The van der Waals surface area contributed by atoms with Crippen LogP contribution in [0.5, 0.6) is 5.75 Å². The molecule has 2 N–H and O–H groups in total. The van der Waals surface area contributed by atoms with E-state index in [-0.39, 0.29) is 10.5 Å². The molecule has 0 aliphatic carbocycles. The highest BCUT2D eigenvalue weighted by Gasteiger charge is 2.24. The van der Waals surface area contributed by atoms with E-state index >= 15 is 0 Å². The molecule has 1 atom stereocenters. The van der Waals surface area contributed by atoms with Gasteiger partial charge in [0.1, 0.15) is 5.75 Å². The molecule has 0 bridgehead atoms. The smallest absolute Gasteiger partial charge is 0.338 e. The van der Waals surface area contributed by atoms with E-state index < -0.39 is 28.0 Å². The molecular formula is C18H20N2O6S. The maximum atomic E-state index is 12.8. The van der Waals surface area contributed by atoms with Crippen molar-refractivity contribution in [2.45, 2.75) is 17.9 Å². The van der Waals surface area contributed by atoms with Gasteiger partial charge in [0.15, 0.2) is 6.10 Å². The second kappa shape index (κ2) is 8.09. The van der Waals surface area contributed by atoms with Crippen molar-refractivity contribution in [3.05, 3.63) is 54.1 Å². The number of methoxy groups -OCH3 is 1. The van der Waals surface area contributed by atoms with E-state index in [1.807, 2.05) is 0 Å². The average Bonchev–Trinajstić information content (AvgIpc) is 2.67. The van der Waals surface area contributed by atoms with Crippen LogP contribution in [0.15, 0.2) is 53.4 Å². The molecule has 0 saturated carbocycles. The Morgan fingerprint density at radius 3 is 2.22 bits per heavy atom. The third-order valence-electron chi connectivity index (χ3n) is 3.86. The minimum atomic E-state index is -3.88. The first-order valence-electron chi connectivity index (χ1n) is 7.90. The van der Waals surface area contributed by atoms with Gasteiger partial charge >= 0.3 is 5.97 Å². The number of sulfonamides is 1. The lowest BCUT2D eigenvalue weighted by Gasteiger charge is -2.21. The van der Waals surface area contributed by atoms with Crippen molar-refractivity contribution in [2.75, 3.05) is 18.5 Å². The summed E-state index contributed by atoms with van der Waals surface area (Å²) >= 11 is 0. The zero-order valence-electron chi connectivity index (χ0n) is 15.1. The number of carbonyl (C=O) groups excluding carboxylic acids is 2. The van der Waals surface area contributed by atoms with Gasteiger partial charge in [-0.25, -0.2) is 13.2 Å². The molecule has 0 heterocycles. The molecule has 0 aliphatic heterocycles. The van der Waals surface area contributed by atoms with Gasteiger partial charge in [-0.1, -0.05) is 12.1 Å². The minimum absolute atomic E-state index is 0.0181. The summed E-state index contributed by atoms with van der Waals surface area (Å²) in [6.45, 7) is 1.35. The zero-order chi connectivity index (χ0) is 20.2. The number of anilines is 1. The monoisotopic (exact) mass is 392 g/mol. The maximum absolute atomic E-state index is 12.8. The molecule has 27 heavy (non-hydrogen) atoms. The predicted molar refractivity (Wildman–Crippen MR) is 99.1 cm³/mol. The summed E-state index contributed by atoms with van der Waals surface area (Å²) in [5.41, 5.74) is 5.52. The zero-order valence-corrected chi connectivity index (χ0v) is 15.9. The number of carbonyl (C=O) groups is 2. The molecule has 0 aromatic heterocycles. The van der Waals surface area contributed by atoms with Crippen molar-refractivity contribution >= 4 is 27.6 Å². The maximum Gasteiger partial charge on any atom is 0.338 e. The Morgan fingerprint density at radius 1 is 1.07 bits per heavy atom. The summed E-state index contributed by atoms with van der Waals surface area (Å²) in [4.78, 5) is 22.9. The van der Waals surface area contributed by atoms with Crippen LogP contribution in [-0.2, 0) is 19.6 Å². The van der Waals surface area contributed by atoms with E-state index in [0.29, 0.717) is 11.4 Å². The molecule has 8 nitrogen and oxygen atoms in total. The predicted octanol–water partition coefficient (Wildman–Crippen LogP) is 1.55. The number of nitrogens with two attached hydrogens (primary N) is 1. The highest BCUT2D eigenvalue weighted by atomic mass is 32.2. The number of ether oxygens (including phenoxy) is 2. The third kappa shape index (κ3) is 4.37. The van der Waals surface area contributed by atoms with Gasteiger partial charge in [0.25, 0.3) is 15.9 Å². The molecule has 2 aromatic carbocycles. The fraction of sp³-hybridized carbons (Fsp3) is 0.222. The molecular weight excluding hydrogens is 372 g/mol. The summed E-state index contributed by atoms with van der Waals surface area (Å²) in [7, 11) is -1.02. The van der Waals surface area contributed by atoms with Gasteiger partial charge in [0.05, 0.1) is 23.3 Å². The molecule has 0 fully saturated rings. The number of esters is 1. The van der Waals surface area contributed by atoms with Gasteiger partial charge in [0.2, 0.25) is 0 Å². The summed E-state index contributed by atoms with van der Waals surface area (Å²) < 4.78 is 36.9. The Hall–Kier alpha value is -3.07. The number of nitrogens with zero attached hydrogens (tertiary/aromatic N) is 1. The van der Waals surface area contributed by atoms with Crippen LogP contribution in [0.3, 0.4) is 0 Å². The highest BCUT2D eigenvalue weighted by Crippen LogP contribution is 2.30. The summed E-state index contributed by atoms with van der Waals surface area (Å²) in [6, 6.07) is 11.9. The Morgan fingerprint density at radius 2 is 1.67 bits per heavy atom. The van der Waals surface area contributed by atoms with E-state index in [9.17, 15) is 18.0 Å². The van der Waals surface area contributed by atoms with Gasteiger partial charge in [-0.05, 0) is 43.3 Å². The lowest BCUT2D eigenvalue weighted by Crippen LogP contribution is -2.30. The number of amides is 1. The third-order valence-corrected chi connectivity index (χ3v) is 5.64. The molecule has 0 spiro atoms. The highest BCUT2D eigenvalue weighted by molar-refractivity contribution is 7.92. The number of rotatable bonds is 7. The van der Waals surface area contributed by atoms with Gasteiger partial charge in [0, 0.05) is 7.05 Å². The summed E-state index contributed by atoms with van der Waals surface area (Å²) in [5, 5.41) is 0. The summed E-state index contributed by atoms with van der Waals surface area (Å²) in [6.07, 6.45) is -1.09. The van der Waals surface area contributed by atoms with Crippen LogP contribution in [0.1, 0.15) is 17.3 Å². The van der Waals surface area contributed by atoms with Gasteiger partial charge in [-0.2, -0.15) is 0 Å². The average molecular weight is 392 g/mol. The van der Waals surface area contributed by atoms with Gasteiger partial charge in [-0.3, -0.25) is 9.10 Å². The first-order chi connectivity index (χ1) is 12.7. The molecule has 1 amide bonds. The number of hydrogen-bond donors (Lipinski definition) is 1. The van der Waals surface area contributed by atoms with Crippen LogP contribution in [0, 0.1) is 0 Å². The number of hydrogen-bond acceptors (Lipinski definition) is 6. The van der Waals surface area contributed by atoms with Crippen LogP contribution >= 0.6 is 0 Å². The van der Waals surface area contributed by atoms with Crippen molar-refractivity contribution < 1.29 is 27.5 Å². The van der Waals surface area contributed by atoms with Crippen molar-refractivity contribution in [1.82, 2.24) is 0 Å². The Kier molecular flexibility index (Phi) is 6.06. The van der Waals surface area contributed by atoms with Crippen LogP contribution in [0.4, 0.5) is 5.69 Å². The van der Waals surface area contributed by atoms with Crippen molar-refractivity contribution in [1.29, 1.82) is 0 Å². The van der Waals surface area contributed by atoms with E-state index in [1.165, 1.54) is 45.3 Å². The Labute approximate surface area is 157 Å². The normalized spacial score (nSPS) is 12.1. The standard InChI is InChI=1S/C18H20N2O6S/c1-12(17(19)21)26-18(22)13-8-10-14(11-9-13)27(23,24)20(2)15-6-4-5-7-16(15)25-3/h4-12H,1-3H3,(H2,19,21)/t12-/m0/s1. The van der Waals surface area contributed by atoms with Crippen LogP contribution in [0.2, 0.25) is 0 Å². The fourth-order valence-corrected chi connectivity index (χ4v) is 3.43. The SMILES string of the molecule is COc1ccccc1N(C)S(=O)(=O)c1ccc(C(=O)O[C@@H](C)C(N)=O)cc1. The lowest BCUT2D eigenvalue weighted by atomic mass is 10.2. The molecule has 0 saturated heterocycles. The molecule has 2 aromatic rings. The molecule has 0 aliphatic rings. The topological polar surface area (TPSA) is 116 Å². The van der Waals surface area contributed by atoms with Gasteiger partial charge < -0.3 is 15.2 Å². The molecule has 2 rings (SSSR count). The second-order valence-corrected chi connectivity index (χ2v) is 7.59. The van der Waals surface area contributed by atoms with E-state index in [0.717, 1.165) is 4.31 Å². The number of benzene rings is 2. The lowest BCUT2D eigenvalue weighted by molar-refractivity contribution is -0.125. The number of para-hydroxylation sites is 2. The van der Waals surface area contributed by atoms with Crippen LogP contribution in [0.25, 0.3) is 0 Å².